The van der Waals surface area contributed by atoms with Gasteiger partial charge < -0.3 is 10.0 Å². The van der Waals surface area contributed by atoms with Crippen LogP contribution < -0.4 is 0 Å². The Balaban J connectivity index is 1.85. The maximum Gasteiger partial charge on any atom is 0.308 e. The number of carbonyl (C=O) groups excluding carboxylic acids is 1. The van der Waals surface area contributed by atoms with Gasteiger partial charge >= 0.3 is 5.97 Å². The SMILES string of the molecule is Cc1nc(C(=O)N(C[C@@H](C)C(=O)O)C2CC2)nn1-c1ccc(Cl)cc1. The molecular formula is C17H19ClN4O3. The zero-order valence-electron chi connectivity index (χ0n) is 14.0. The first-order valence-electron chi connectivity index (χ1n) is 8.10. The van der Waals surface area contributed by atoms with Gasteiger partial charge in [0, 0.05) is 17.6 Å². The van der Waals surface area contributed by atoms with Gasteiger partial charge in [-0.25, -0.2) is 9.67 Å². The number of aromatic nitrogens is 3. The van der Waals surface area contributed by atoms with E-state index in [1.54, 1.807) is 47.7 Å². The topological polar surface area (TPSA) is 88.3 Å². The number of carboxylic acid groups (broad SMARTS) is 1. The Hall–Kier alpha value is -2.41. The average molecular weight is 363 g/mol. The van der Waals surface area contributed by atoms with Crippen LogP contribution in [0.4, 0.5) is 0 Å². The van der Waals surface area contributed by atoms with Crippen molar-refractivity contribution in [1.29, 1.82) is 0 Å². The number of hydrogen-bond acceptors (Lipinski definition) is 4. The predicted octanol–water partition coefficient (Wildman–Crippen LogP) is 2.55. The lowest BCUT2D eigenvalue weighted by atomic mass is 10.1. The third-order valence-electron chi connectivity index (χ3n) is 4.17. The minimum Gasteiger partial charge on any atom is -0.481 e. The summed E-state index contributed by atoms with van der Waals surface area (Å²) in [5.41, 5.74) is 0.755. The highest BCUT2D eigenvalue weighted by Crippen LogP contribution is 2.29. The molecule has 1 aromatic heterocycles. The fourth-order valence-corrected chi connectivity index (χ4v) is 2.72. The third kappa shape index (κ3) is 3.82. The molecule has 25 heavy (non-hydrogen) atoms. The van der Waals surface area contributed by atoms with Crippen molar-refractivity contribution in [2.75, 3.05) is 6.54 Å². The van der Waals surface area contributed by atoms with Gasteiger partial charge in [-0.3, -0.25) is 9.59 Å². The number of nitrogens with zero attached hydrogens (tertiary/aromatic N) is 4. The number of rotatable bonds is 6. The highest BCUT2D eigenvalue weighted by atomic mass is 35.5. The minimum absolute atomic E-state index is 0.0805. The van der Waals surface area contributed by atoms with Gasteiger partial charge in [0.15, 0.2) is 0 Å². The molecule has 1 amide bonds. The summed E-state index contributed by atoms with van der Waals surface area (Å²) in [6, 6.07) is 7.15. The first kappa shape index (κ1) is 17.4. The maximum atomic E-state index is 12.8. The summed E-state index contributed by atoms with van der Waals surface area (Å²) in [6.45, 7) is 3.52. The standard InChI is InChI=1S/C17H19ClN4O3/c1-10(17(24)25)9-21(13-7-8-13)16(23)15-19-11(2)22(20-15)14-5-3-12(18)4-6-14/h3-6,10,13H,7-9H2,1-2H3,(H,24,25)/t10-/m1/s1. The van der Waals surface area contributed by atoms with E-state index in [1.165, 1.54) is 0 Å². The number of aryl methyl sites for hydroxylation is 1. The van der Waals surface area contributed by atoms with Crippen LogP contribution in [0.25, 0.3) is 5.69 Å². The molecule has 2 aromatic rings. The molecule has 1 fully saturated rings. The van der Waals surface area contributed by atoms with E-state index in [1.807, 2.05) is 0 Å². The maximum absolute atomic E-state index is 12.8. The smallest absolute Gasteiger partial charge is 0.308 e. The van der Waals surface area contributed by atoms with Crippen LogP contribution in [0.5, 0.6) is 0 Å². The van der Waals surface area contributed by atoms with Crippen molar-refractivity contribution >= 4 is 23.5 Å². The lowest BCUT2D eigenvalue weighted by molar-refractivity contribution is -0.141. The van der Waals surface area contributed by atoms with E-state index < -0.39 is 11.9 Å². The van der Waals surface area contributed by atoms with Gasteiger partial charge in [-0.05, 0) is 44.0 Å². The van der Waals surface area contributed by atoms with Gasteiger partial charge in [0.1, 0.15) is 5.82 Å². The largest absolute Gasteiger partial charge is 0.481 e. The van der Waals surface area contributed by atoms with E-state index in [4.69, 9.17) is 16.7 Å². The number of halogens is 1. The van der Waals surface area contributed by atoms with Crippen LogP contribution in [0.15, 0.2) is 24.3 Å². The second-order valence-corrected chi connectivity index (χ2v) is 6.74. The Morgan fingerprint density at radius 3 is 2.56 bits per heavy atom. The Bertz CT molecular complexity index is 799. The highest BCUT2D eigenvalue weighted by molar-refractivity contribution is 6.30. The second kappa shape index (κ2) is 6.84. The van der Waals surface area contributed by atoms with E-state index >= 15 is 0 Å². The Morgan fingerprint density at radius 2 is 2.00 bits per heavy atom. The first-order chi connectivity index (χ1) is 11.9. The lowest BCUT2D eigenvalue weighted by Gasteiger charge is -2.22. The van der Waals surface area contributed by atoms with Crippen molar-refractivity contribution in [3.05, 3.63) is 40.9 Å². The fourth-order valence-electron chi connectivity index (χ4n) is 2.59. The normalized spacial score (nSPS) is 15.0. The number of hydrogen-bond donors (Lipinski definition) is 1. The van der Waals surface area contributed by atoms with Crippen molar-refractivity contribution in [1.82, 2.24) is 19.7 Å². The van der Waals surface area contributed by atoms with Crippen LogP contribution >= 0.6 is 11.6 Å². The molecule has 8 heteroatoms. The Labute approximate surface area is 150 Å². The van der Waals surface area contributed by atoms with Crippen molar-refractivity contribution in [3.8, 4) is 5.69 Å². The molecule has 1 aromatic carbocycles. The lowest BCUT2D eigenvalue weighted by Crippen LogP contribution is -2.39. The van der Waals surface area contributed by atoms with E-state index in [0.717, 1.165) is 18.5 Å². The van der Waals surface area contributed by atoms with Crippen LogP contribution in [0.3, 0.4) is 0 Å². The summed E-state index contributed by atoms with van der Waals surface area (Å²) in [6.07, 6.45) is 1.77. The van der Waals surface area contributed by atoms with Crippen molar-refractivity contribution < 1.29 is 14.7 Å². The number of amides is 1. The van der Waals surface area contributed by atoms with E-state index in [0.29, 0.717) is 10.8 Å². The van der Waals surface area contributed by atoms with Gasteiger partial charge in [-0.15, -0.1) is 5.10 Å². The molecule has 0 spiro atoms. The molecule has 132 valence electrons. The summed E-state index contributed by atoms with van der Waals surface area (Å²) in [5, 5.41) is 14.0. The first-order valence-corrected chi connectivity index (χ1v) is 8.48. The van der Waals surface area contributed by atoms with E-state index in [2.05, 4.69) is 10.1 Å². The van der Waals surface area contributed by atoms with Gasteiger partial charge in [-0.1, -0.05) is 18.5 Å². The third-order valence-corrected chi connectivity index (χ3v) is 4.42. The Kier molecular flexibility index (Phi) is 4.76. The van der Waals surface area contributed by atoms with Crippen LogP contribution in [-0.2, 0) is 4.79 Å². The molecule has 1 N–H and O–H groups in total. The van der Waals surface area contributed by atoms with Crippen molar-refractivity contribution in [2.24, 2.45) is 5.92 Å². The van der Waals surface area contributed by atoms with Gasteiger partial charge in [0.25, 0.3) is 5.91 Å². The number of carbonyl (C=O) groups is 2. The molecule has 3 rings (SSSR count). The molecule has 1 aliphatic rings. The molecule has 1 saturated carbocycles. The highest BCUT2D eigenvalue weighted by Gasteiger charge is 2.36. The summed E-state index contributed by atoms with van der Waals surface area (Å²) in [5.74, 6) is -1.23. The van der Waals surface area contributed by atoms with Crippen LogP contribution in [-0.4, -0.2) is 49.2 Å². The molecule has 0 aliphatic heterocycles. The zero-order valence-corrected chi connectivity index (χ0v) is 14.8. The van der Waals surface area contributed by atoms with Crippen molar-refractivity contribution in [2.45, 2.75) is 32.7 Å². The molecule has 0 saturated heterocycles. The molecule has 0 bridgehead atoms. The Morgan fingerprint density at radius 1 is 1.36 bits per heavy atom. The van der Waals surface area contributed by atoms with Crippen molar-refractivity contribution in [3.63, 3.8) is 0 Å². The minimum atomic E-state index is -0.922. The summed E-state index contributed by atoms with van der Waals surface area (Å²) in [4.78, 5) is 29.8. The molecular weight excluding hydrogens is 344 g/mol. The second-order valence-electron chi connectivity index (χ2n) is 6.30. The van der Waals surface area contributed by atoms with Crippen LogP contribution in [0.2, 0.25) is 5.02 Å². The molecule has 0 unspecified atom stereocenters. The molecule has 7 nitrogen and oxygen atoms in total. The van der Waals surface area contributed by atoms with Crippen LogP contribution in [0.1, 0.15) is 36.2 Å². The predicted molar refractivity (Wildman–Crippen MR) is 92.0 cm³/mol. The number of carboxylic acids is 1. The summed E-state index contributed by atoms with van der Waals surface area (Å²) < 4.78 is 1.58. The quantitative estimate of drug-likeness (QED) is 0.853. The zero-order chi connectivity index (χ0) is 18.1. The fraction of sp³-hybridized carbons (Fsp3) is 0.412. The van der Waals surface area contributed by atoms with Crippen LogP contribution in [0, 0.1) is 12.8 Å². The monoisotopic (exact) mass is 362 g/mol. The van der Waals surface area contributed by atoms with Gasteiger partial charge in [-0.2, -0.15) is 0 Å². The average Bonchev–Trinajstić information content (AvgIpc) is 3.34. The summed E-state index contributed by atoms with van der Waals surface area (Å²) >= 11 is 5.90. The molecule has 1 atom stereocenters. The molecule has 1 heterocycles. The van der Waals surface area contributed by atoms with E-state index in [-0.39, 0.29) is 24.3 Å². The van der Waals surface area contributed by atoms with E-state index in [9.17, 15) is 9.59 Å². The van der Waals surface area contributed by atoms with Gasteiger partial charge in [0.05, 0.1) is 11.6 Å². The number of aliphatic carboxylic acids is 1. The molecule has 1 aliphatic carbocycles. The van der Waals surface area contributed by atoms with Gasteiger partial charge in [0.2, 0.25) is 5.82 Å². The molecule has 0 radical (unpaired) electrons. The number of benzene rings is 1. The summed E-state index contributed by atoms with van der Waals surface area (Å²) in [7, 11) is 0.